The second kappa shape index (κ2) is 5.27. The Bertz CT molecular complexity index is 808. The molecule has 1 atom stereocenters. The Morgan fingerprint density at radius 3 is 3.19 bits per heavy atom. The molecule has 21 heavy (non-hydrogen) atoms. The molecular weight excluding hydrogens is 325 g/mol. The zero-order valence-corrected chi connectivity index (χ0v) is 13.5. The van der Waals surface area contributed by atoms with E-state index in [-0.39, 0.29) is 6.04 Å². The fraction of sp³-hybridized carbons (Fsp3) is 0.333. The number of aromatic nitrogens is 3. The quantitative estimate of drug-likeness (QED) is 0.628. The molecule has 0 bridgehead atoms. The van der Waals surface area contributed by atoms with E-state index in [2.05, 4.69) is 26.0 Å². The minimum Gasteiger partial charge on any atom is -0.304 e. The number of pyridine rings is 1. The molecule has 3 nitrogen and oxygen atoms in total. The van der Waals surface area contributed by atoms with Crippen molar-refractivity contribution >= 4 is 45.7 Å². The van der Waals surface area contributed by atoms with E-state index in [1.165, 1.54) is 23.3 Å². The zero-order valence-electron chi connectivity index (χ0n) is 11.2. The molecule has 0 aromatic carbocycles. The van der Waals surface area contributed by atoms with Crippen LogP contribution in [0.2, 0.25) is 5.02 Å². The van der Waals surface area contributed by atoms with Gasteiger partial charge in [-0.1, -0.05) is 11.6 Å². The van der Waals surface area contributed by atoms with Crippen molar-refractivity contribution in [2.24, 2.45) is 0 Å². The van der Waals surface area contributed by atoms with E-state index in [4.69, 9.17) is 23.2 Å². The molecule has 6 heteroatoms. The summed E-state index contributed by atoms with van der Waals surface area (Å²) in [7, 11) is 0. The predicted octanol–water partition coefficient (Wildman–Crippen LogP) is 4.81. The van der Waals surface area contributed by atoms with Crippen LogP contribution in [-0.2, 0) is 12.3 Å². The molecule has 0 radical (unpaired) electrons. The van der Waals surface area contributed by atoms with Gasteiger partial charge < -0.3 is 4.57 Å². The van der Waals surface area contributed by atoms with Crippen LogP contribution < -0.4 is 0 Å². The van der Waals surface area contributed by atoms with E-state index in [1.807, 2.05) is 17.4 Å². The lowest BCUT2D eigenvalue weighted by atomic mass is 9.93. The van der Waals surface area contributed by atoms with Gasteiger partial charge in [0.05, 0.1) is 16.9 Å². The predicted molar refractivity (Wildman–Crippen MR) is 87.5 cm³/mol. The van der Waals surface area contributed by atoms with Crippen molar-refractivity contribution in [1.82, 2.24) is 14.5 Å². The largest absolute Gasteiger partial charge is 0.304 e. The molecular formula is C15H13Cl2N3S. The van der Waals surface area contributed by atoms with Crippen molar-refractivity contribution in [2.45, 2.75) is 31.2 Å². The van der Waals surface area contributed by atoms with E-state index < -0.39 is 0 Å². The number of fused-ring (bicyclic) bond motifs is 2. The third-order valence-corrected chi connectivity index (χ3v) is 5.46. The minimum absolute atomic E-state index is 0.285. The molecule has 0 spiro atoms. The van der Waals surface area contributed by atoms with Gasteiger partial charge in [-0.05, 0) is 42.3 Å². The molecule has 3 aromatic rings. The molecule has 3 aromatic heterocycles. The number of hydrogen-bond donors (Lipinski definition) is 0. The average molecular weight is 338 g/mol. The number of hydrogen-bond acceptors (Lipinski definition) is 3. The van der Waals surface area contributed by atoms with Crippen molar-refractivity contribution in [3.05, 3.63) is 45.0 Å². The number of aryl methyl sites for hydroxylation is 1. The smallest absolute Gasteiger partial charge is 0.160 e. The van der Waals surface area contributed by atoms with E-state index >= 15 is 0 Å². The van der Waals surface area contributed by atoms with Crippen LogP contribution in [0.25, 0.3) is 11.2 Å². The van der Waals surface area contributed by atoms with Gasteiger partial charge in [0.15, 0.2) is 5.65 Å². The van der Waals surface area contributed by atoms with Crippen LogP contribution in [0, 0.1) is 0 Å². The molecule has 4 rings (SSSR count). The Labute approximate surface area is 136 Å². The van der Waals surface area contributed by atoms with Crippen molar-refractivity contribution in [3.63, 3.8) is 0 Å². The highest BCUT2D eigenvalue weighted by Crippen LogP contribution is 2.38. The Hall–Kier alpha value is -1.10. The highest BCUT2D eigenvalue weighted by atomic mass is 35.5. The molecule has 0 N–H and O–H groups in total. The van der Waals surface area contributed by atoms with Crippen molar-refractivity contribution in [1.29, 1.82) is 0 Å². The van der Waals surface area contributed by atoms with Gasteiger partial charge in [-0.15, -0.1) is 22.9 Å². The molecule has 1 aliphatic carbocycles. The third kappa shape index (κ3) is 2.17. The second-order valence-corrected chi connectivity index (χ2v) is 6.94. The van der Waals surface area contributed by atoms with Gasteiger partial charge in [0, 0.05) is 11.1 Å². The monoisotopic (exact) mass is 337 g/mol. The molecule has 108 valence electrons. The van der Waals surface area contributed by atoms with Gasteiger partial charge in [0.1, 0.15) is 11.3 Å². The van der Waals surface area contributed by atoms with Crippen LogP contribution in [0.1, 0.15) is 35.1 Å². The molecule has 3 heterocycles. The first-order valence-electron chi connectivity index (χ1n) is 6.92. The summed E-state index contributed by atoms with van der Waals surface area (Å²) in [5, 5.41) is 2.78. The van der Waals surface area contributed by atoms with Crippen LogP contribution in [0.5, 0.6) is 0 Å². The van der Waals surface area contributed by atoms with E-state index in [1.54, 1.807) is 6.20 Å². The summed E-state index contributed by atoms with van der Waals surface area (Å²) >= 11 is 14.0. The number of rotatable bonds is 2. The first kappa shape index (κ1) is 13.6. The second-order valence-electron chi connectivity index (χ2n) is 5.24. The maximum absolute atomic E-state index is 6.12. The maximum Gasteiger partial charge on any atom is 0.160 e. The summed E-state index contributed by atoms with van der Waals surface area (Å²) in [6.45, 7) is 0. The first-order chi connectivity index (χ1) is 10.3. The molecule has 1 unspecified atom stereocenters. The van der Waals surface area contributed by atoms with Crippen LogP contribution in [0.3, 0.4) is 0 Å². The van der Waals surface area contributed by atoms with Crippen molar-refractivity contribution in [2.75, 3.05) is 0 Å². The van der Waals surface area contributed by atoms with Crippen molar-refractivity contribution < 1.29 is 0 Å². The number of thiophene rings is 1. The summed E-state index contributed by atoms with van der Waals surface area (Å²) in [5.41, 5.74) is 3.09. The summed E-state index contributed by atoms with van der Waals surface area (Å²) < 4.78 is 2.20. The van der Waals surface area contributed by atoms with Gasteiger partial charge in [0.2, 0.25) is 0 Å². The van der Waals surface area contributed by atoms with E-state index in [9.17, 15) is 0 Å². The van der Waals surface area contributed by atoms with E-state index in [0.29, 0.717) is 10.9 Å². The zero-order chi connectivity index (χ0) is 14.4. The first-order valence-corrected chi connectivity index (χ1v) is 8.71. The highest BCUT2D eigenvalue weighted by molar-refractivity contribution is 7.10. The van der Waals surface area contributed by atoms with Gasteiger partial charge in [0.25, 0.3) is 0 Å². The lowest BCUT2D eigenvalue weighted by molar-refractivity contribution is 0.492. The standard InChI is InChI=1S/C15H13Cl2N3S/c16-7-14-19-11-6-9(17)8-18-15(11)20(14)12-2-1-3-13-10(12)4-5-21-13/h4-6,8,12H,1-3,7H2. The van der Waals surface area contributed by atoms with Gasteiger partial charge >= 0.3 is 0 Å². The molecule has 0 aliphatic heterocycles. The Morgan fingerprint density at radius 1 is 1.43 bits per heavy atom. The fourth-order valence-electron chi connectivity index (χ4n) is 3.16. The van der Waals surface area contributed by atoms with Crippen LogP contribution >= 0.6 is 34.5 Å². The summed E-state index contributed by atoms with van der Waals surface area (Å²) in [5.74, 6) is 1.25. The summed E-state index contributed by atoms with van der Waals surface area (Å²) in [4.78, 5) is 10.6. The molecule has 0 saturated heterocycles. The molecule has 1 aliphatic rings. The Kier molecular flexibility index (Phi) is 3.40. The highest BCUT2D eigenvalue weighted by Gasteiger charge is 2.26. The van der Waals surface area contributed by atoms with Crippen LogP contribution in [0.15, 0.2) is 23.7 Å². The number of nitrogens with zero attached hydrogens (tertiary/aromatic N) is 3. The maximum atomic E-state index is 6.12. The number of alkyl halides is 1. The lowest BCUT2D eigenvalue weighted by Gasteiger charge is -2.25. The van der Waals surface area contributed by atoms with Crippen molar-refractivity contribution in [3.8, 4) is 0 Å². The SMILES string of the molecule is ClCc1nc2cc(Cl)cnc2n1C1CCCc2sccc21. The summed E-state index contributed by atoms with van der Waals surface area (Å²) in [6, 6.07) is 4.37. The Morgan fingerprint density at radius 2 is 2.33 bits per heavy atom. The van der Waals surface area contributed by atoms with Gasteiger partial charge in [-0.3, -0.25) is 0 Å². The lowest BCUT2D eigenvalue weighted by Crippen LogP contribution is -2.17. The molecule has 0 amide bonds. The number of halogens is 2. The third-order valence-electron chi connectivity index (χ3n) is 4.02. The van der Waals surface area contributed by atoms with Gasteiger partial charge in [-0.2, -0.15) is 0 Å². The summed E-state index contributed by atoms with van der Waals surface area (Å²) in [6.07, 6.45) is 5.14. The van der Waals surface area contributed by atoms with Crippen LogP contribution in [0.4, 0.5) is 0 Å². The average Bonchev–Trinajstić information content (AvgIpc) is 3.09. The molecule has 0 saturated carbocycles. The normalized spacial score (nSPS) is 18.1. The molecule has 0 fully saturated rings. The van der Waals surface area contributed by atoms with E-state index in [0.717, 1.165) is 23.4 Å². The fourth-order valence-corrected chi connectivity index (χ4v) is 4.48. The topological polar surface area (TPSA) is 30.7 Å². The minimum atomic E-state index is 0.285. The number of imidazole rings is 1. The van der Waals surface area contributed by atoms with Crippen LogP contribution in [-0.4, -0.2) is 14.5 Å². The Balaban J connectivity index is 1.95. The van der Waals surface area contributed by atoms with Gasteiger partial charge in [-0.25, -0.2) is 9.97 Å².